The van der Waals surface area contributed by atoms with Crippen LogP contribution in [0.1, 0.15) is 21.5 Å². The lowest BCUT2D eigenvalue weighted by molar-refractivity contribution is -0.113. The summed E-state index contributed by atoms with van der Waals surface area (Å²) in [6, 6.07) is 29.0. The van der Waals surface area contributed by atoms with Gasteiger partial charge >= 0.3 is 5.63 Å². The molecule has 4 aromatic carbocycles. The second kappa shape index (κ2) is 12.6. The van der Waals surface area contributed by atoms with Crippen molar-refractivity contribution < 1.29 is 19.1 Å². The molecule has 0 saturated carbocycles. The predicted octanol–water partition coefficient (Wildman–Crippen LogP) is 6.85. The van der Waals surface area contributed by atoms with Crippen LogP contribution in [0, 0.1) is 0 Å². The first-order valence-electron chi connectivity index (χ1n) is 12.5. The fourth-order valence-corrected chi connectivity index (χ4v) is 4.97. The van der Waals surface area contributed by atoms with Gasteiger partial charge < -0.3 is 20.2 Å². The molecule has 1 aromatic heterocycles. The standard InChI is InChI=1S/C32H23ClN2O5S/c33-24-12-9-20(10-13-24)15-28(35-30(37)21-5-2-1-3-6-21)31(38)34-25-7-4-8-27(17-25)41-19-23-16-22-11-14-26(36)18-29(22)40-32(23)39/h1-18,36H,19H2,(H,34,38)(H,35,37)/b28-15-. The average Bonchev–Trinajstić information content (AvgIpc) is 2.97. The number of carbonyl (C=O) groups is 2. The maximum Gasteiger partial charge on any atom is 0.340 e. The number of thioether (sulfide) groups is 1. The number of halogens is 1. The van der Waals surface area contributed by atoms with Gasteiger partial charge in [-0.15, -0.1) is 11.8 Å². The van der Waals surface area contributed by atoms with Crippen molar-refractivity contribution in [3.63, 3.8) is 0 Å². The quantitative estimate of drug-likeness (QED) is 0.105. The molecule has 0 atom stereocenters. The van der Waals surface area contributed by atoms with Crippen molar-refractivity contribution in [2.24, 2.45) is 0 Å². The van der Waals surface area contributed by atoms with Crippen molar-refractivity contribution >= 4 is 57.9 Å². The van der Waals surface area contributed by atoms with Crippen molar-refractivity contribution in [1.29, 1.82) is 0 Å². The highest BCUT2D eigenvalue weighted by molar-refractivity contribution is 7.98. The van der Waals surface area contributed by atoms with E-state index in [0.717, 1.165) is 4.90 Å². The van der Waals surface area contributed by atoms with Gasteiger partial charge in [0, 0.05) is 43.9 Å². The molecular formula is C32H23ClN2O5S. The SMILES string of the molecule is O=C(Nc1cccc(SCc2cc3ccc(O)cc3oc2=O)c1)/C(=C/c1ccc(Cl)cc1)NC(=O)c1ccccc1. The lowest BCUT2D eigenvalue weighted by Gasteiger charge is -2.12. The van der Waals surface area contributed by atoms with Crippen LogP contribution in [0.4, 0.5) is 5.69 Å². The van der Waals surface area contributed by atoms with Gasteiger partial charge in [0.05, 0.1) is 0 Å². The van der Waals surface area contributed by atoms with Crippen molar-refractivity contribution in [3.05, 3.63) is 141 Å². The number of nitrogens with one attached hydrogen (secondary N) is 2. The number of phenols is 1. The third-order valence-corrected chi connectivity index (χ3v) is 7.28. The summed E-state index contributed by atoms with van der Waals surface area (Å²) in [5.41, 5.74) is 1.97. The number of carbonyl (C=O) groups excluding carboxylic acids is 2. The third-order valence-electron chi connectivity index (χ3n) is 5.99. The van der Waals surface area contributed by atoms with Crippen LogP contribution in [0.2, 0.25) is 5.02 Å². The first-order valence-corrected chi connectivity index (χ1v) is 13.8. The van der Waals surface area contributed by atoms with Crippen molar-refractivity contribution in [2.75, 3.05) is 5.32 Å². The number of rotatable bonds is 8. The Morgan fingerprint density at radius 2 is 1.68 bits per heavy atom. The summed E-state index contributed by atoms with van der Waals surface area (Å²) >= 11 is 7.40. The zero-order valence-corrected chi connectivity index (χ0v) is 23.0. The van der Waals surface area contributed by atoms with Crippen molar-refractivity contribution in [3.8, 4) is 5.75 Å². The summed E-state index contributed by atoms with van der Waals surface area (Å²) in [6.07, 6.45) is 1.57. The Morgan fingerprint density at radius 3 is 2.46 bits per heavy atom. The molecule has 9 heteroatoms. The lowest BCUT2D eigenvalue weighted by atomic mass is 10.1. The lowest BCUT2D eigenvalue weighted by Crippen LogP contribution is -2.30. The minimum absolute atomic E-state index is 0.0208. The second-order valence-electron chi connectivity index (χ2n) is 8.98. The molecule has 0 spiro atoms. The average molecular weight is 583 g/mol. The Kier molecular flexibility index (Phi) is 8.53. The first kappa shape index (κ1) is 27.8. The molecule has 5 rings (SSSR count). The number of fused-ring (bicyclic) bond motifs is 1. The van der Waals surface area contributed by atoms with E-state index in [1.54, 1.807) is 91.0 Å². The number of amides is 2. The molecule has 204 valence electrons. The highest BCUT2D eigenvalue weighted by Gasteiger charge is 2.16. The normalized spacial score (nSPS) is 11.3. The van der Waals surface area contributed by atoms with Crippen molar-refractivity contribution in [1.82, 2.24) is 5.32 Å². The molecule has 0 aliphatic carbocycles. The zero-order chi connectivity index (χ0) is 28.8. The molecule has 0 aliphatic heterocycles. The van der Waals surface area contributed by atoms with E-state index in [-0.39, 0.29) is 11.4 Å². The van der Waals surface area contributed by atoms with Crippen LogP contribution >= 0.6 is 23.4 Å². The number of benzene rings is 4. The highest BCUT2D eigenvalue weighted by Crippen LogP contribution is 2.27. The largest absolute Gasteiger partial charge is 0.508 e. The van der Waals surface area contributed by atoms with Crippen LogP contribution < -0.4 is 16.3 Å². The van der Waals surface area contributed by atoms with E-state index in [0.29, 0.717) is 44.1 Å². The number of anilines is 1. The topological polar surface area (TPSA) is 109 Å². The fourth-order valence-electron chi connectivity index (χ4n) is 3.93. The minimum Gasteiger partial charge on any atom is -0.508 e. The van der Waals surface area contributed by atoms with Gasteiger partial charge in [0.2, 0.25) is 0 Å². The van der Waals surface area contributed by atoms with Gasteiger partial charge in [0.25, 0.3) is 11.8 Å². The van der Waals surface area contributed by atoms with Gasteiger partial charge in [-0.05, 0) is 72.3 Å². The van der Waals surface area contributed by atoms with Gasteiger partial charge in [-0.3, -0.25) is 9.59 Å². The smallest absolute Gasteiger partial charge is 0.340 e. The van der Waals surface area contributed by atoms with E-state index in [1.165, 1.54) is 23.9 Å². The molecule has 0 saturated heterocycles. The predicted molar refractivity (Wildman–Crippen MR) is 162 cm³/mol. The summed E-state index contributed by atoms with van der Waals surface area (Å²) in [7, 11) is 0. The number of hydrogen-bond donors (Lipinski definition) is 3. The summed E-state index contributed by atoms with van der Waals surface area (Å²) in [5, 5.41) is 16.4. The van der Waals surface area contributed by atoms with Crippen LogP contribution in [0.15, 0.2) is 123 Å². The Bertz CT molecular complexity index is 1820. The maximum atomic E-state index is 13.3. The van der Waals surface area contributed by atoms with E-state index in [2.05, 4.69) is 10.6 Å². The van der Waals surface area contributed by atoms with E-state index >= 15 is 0 Å². The van der Waals surface area contributed by atoms with E-state index in [9.17, 15) is 19.5 Å². The van der Waals surface area contributed by atoms with Crippen LogP contribution in [0.3, 0.4) is 0 Å². The fraction of sp³-hybridized carbons (Fsp3) is 0.0312. The molecule has 1 heterocycles. The maximum absolute atomic E-state index is 13.3. The van der Waals surface area contributed by atoms with Gasteiger partial charge in [0.1, 0.15) is 17.0 Å². The van der Waals surface area contributed by atoms with Gasteiger partial charge in [-0.25, -0.2) is 4.79 Å². The molecule has 7 nitrogen and oxygen atoms in total. The Hall–Kier alpha value is -4.79. The summed E-state index contributed by atoms with van der Waals surface area (Å²) < 4.78 is 5.35. The summed E-state index contributed by atoms with van der Waals surface area (Å²) in [4.78, 5) is 39.4. The second-order valence-corrected chi connectivity index (χ2v) is 10.5. The zero-order valence-electron chi connectivity index (χ0n) is 21.5. The molecule has 0 bridgehead atoms. The first-order chi connectivity index (χ1) is 19.8. The van der Waals surface area contributed by atoms with Gasteiger partial charge in [0.15, 0.2) is 0 Å². The highest BCUT2D eigenvalue weighted by atomic mass is 35.5. The minimum atomic E-state index is -0.509. The molecule has 3 N–H and O–H groups in total. The van der Waals surface area contributed by atoms with E-state index in [1.807, 2.05) is 6.07 Å². The van der Waals surface area contributed by atoms with Gasteiger partial charge in [-0.2, -0.15) is 0 Å². The monoisotopic (exact) mass is 582 g/mol. The Labute approximate surface area is 244 Å². The number of hydrogen-bond acceptors (Lipinski definition) is 6. The third kappa shape index (κ3) is 7.25. The molecule has 0 unspecified atom stereocenters. The molecular weight excluding hydrogens is 560 g/mol. The molecule has 5 aromatic rings. The number of aromatic hydroxyl groups is 1. The number of phenolic OH excluding ortho intramolecular Hbond substituents is 1. The van der Waals surface area contributed by atoms with Crippen LogP contribution in [-0.2, 0) is 10.5 Å². The molecule has 0 fully saturated rings. The van der Waals surface area contributed by atoms with Crippen LogP contribution in [-0.4, -0.2) is 16.9 Å². The van der Waals surface area contributed by atoms with Crippen molar-refractivity contribution in [2.45, 2.75) is 10.6 Å². The summed E-state index contributed by atoms with van der Waals surface area (Å²) in [6.45, 7) is 0. The van der Waals surface area contributed by atoms with Crippen LogP contribution in [0.25, 0.3) is 17.0 Å². The van der Waals surface area contributed by atoms with E-state index in [4.69, 9.17) is 16.0 Å². The Balaban J connectivity index is 1.33. The van der Waals surface area contributed by atoms with E-state index < -0.39 is 17.4 Å². The molecule has 2 amide bonds. The van der Waals surface area contributed by atoms with Gasteiger partial charge in [-0.1, -0.05) is 48.0 Å². The van der Waals surface area contributed by atoms with Crippen LogP contribution in [0.5, 0.6) is 5.75 Å². The molecule has 0 radical (unpaired) electrons. The summed E-state index contributed by atoms with van der Waals surface area (Å²) in [5.74, 6) is -0.572. The molecule has 0 aliphatic rings. The molecule has 41 heavy (non-hydrogen) atoms. The Morgan fingerprint density at radius 1 is 0.902 bits per heavy atom.